The van der Waals surface area contributed by atoms with Gasteiger partial charge in [0.05, 0.1) is 26.4 Å². The number of unbranched alkanes of at least 4 members (excludes halogenated alkanes) is 19. The normalized spacial score (nSPS) is 14.8. The molecular formula is C77H128O17P2. The molecule has 0 aromatic heterocycles. The van der Waals surface area contributed by atoms with Crippen LogP contribution in [0.5, 0.6) is 0 Å². The van der Waals surface area contributed by atoms with Crippen molar-refractivity contribution in [2.75, 3.05) is 39.6 Å². The van der Waals surface area contributed by atoms with Crippen LogP contribution in [0.15, 0.2) is 134 Å². The van der Waals surface area contributed by atoms with E-state index >= 15 is 0 Å². The summed E-state index contributed by atoms with van der Waals surface area (Å²) in [6.07, 6.45) is 74.7. The molecule has 0 aromatic carbocycles. The van der Waals surface area contributed by atoms with E-state index in [4.69, 9.17) is 37.0 Å². The zero-order chi connectivity index (χ0) is 70.4. The third-order valence-electron chi connectivity index (χ3n) is 14.6. The number of esters is 4. The summed E-state index contributed by atoms with van der Waals surface area (Å²) in [5.74, 6) is -2.30. The third-order valence-corrected chi connectivity index (χ3v) is 16.5. The monoisotopic (exact) mass is 1390 g/mol. The van der Waals surface area contributed by atoms with E-state index < -0.39 is 97.5 Å². The molecule has 548 valence electrons. The summed E-state index contributed by atoms with van der Waals surface area (Å²) in [4.78, 5) is 72.6. The fraction of sp³-hybridized carbons (Fsp3) is 0.662. The predicted molar refractivity (Wildman–Crippen MR) is 390 cm³/mol. The Hall–Kier alpha value is -4.80. The van der Waals surface area contributed by atoms with Gasteiger partial charge in [0, 0.05) is 25.7 Å². The number of carbonyl (C=O) groups is 4. The number of carbonyl (C=O) groups excluding carboxylic acids is 4. The quantitative estimate of drug-likeness (QED) is 0.0169. The van der Waals surface area contributed by atoms with Gasteiger partial charge in [0.25, 0.3) is 0 Å². The molecular weight excluding hydrogens is 1260 g/mol. The van der Waals surface area contributed by atoms with E-state index in [2.05, 4.69) is 149 Å². The second kappa shape index (κ2) is 68.7. The lowest BCUT2D eigenvalue weighted by Crippen LogP contribution is -2.30. The zero-order valence-corrected chi connectivity index (χ0v) is 61.3. The van der Waals surface area contributed by atoms with Crippen molar-refractivity contribution < 1.29 is 80.2 Å². The Morgan fingerprint density at radius 2 is 0.552 bits per heavy atom. The summed E-state index contributed by atoms with van der Waals surface area (Å²) >= 11 is 0. The highest BCUT2D eigenvalue weighted by Gasteiger charge is 2.30. The molecule has 0 bridgehead atoms. The standard InChI is InChI=1S/C77H128O17P2/c1-5-9-13-17-21-25-29-31-33-35-37-39-43-45-49-53-57-61-74(79)87-67-72(93-76(81)63-59-55-51-47-41-27-23-19-15-11-7-3)69-91-95(83,84)89-65-71(78)66-90-96(85,86)92-70-73(94-77(82)64-60-56-52-48-42-28-24-20-16-12-8-4)68-88-75(80)62-58-54-50-46-44-40-38-36-34-32-30-26-22-18-14-10-6-2/h9-10,13-14,19-26,31-34,37-40,45,49,71-73,78H,5-8,11-12,15-18,27-30,35-36,41-44,46-48,50-70H2,1-4H3,(H,83,84)(H,85,86)/b13-9-,14-10-,23-19-,24-20-,25-21-,26-22-,33-31-,34-32-,39-37-,40-38-,49-45-. The van der Waals surface area contributed by atoms with Gasteiger partial charge >= 0.3 is 39.5 Å². The van der Waals surface area contributed by atoms with Gasteiger partial charge in [0.1, 0.15) is 19.3 Å². The van der Waals surface area contributed by atoms with Gasteiger partial charge in [-0.2, -0.15) is 0 Å². The summed E-state index contributed by atoms with van der Waals surface area (Å²) in [6, 6.07) is 0. The van der Waals surface area contributed by atoms with Crippen LogP contribution in [-0.2, 0) is 65.4 Å². The van der Waals surface area contributed by atoms with Crippen molar-refractivity contribution in [2.45, 2.75) is 290 Å². The maximum atomic E-state index is 13.0. The molecule has 0 amide bonds. The maximum Gasteiger partial charge on any atom is 0.472 e. The van der Waals surface area contributed by atoms with Gasteiger partial charge in [-0.1, -0.05) is 238 Å². The molecule has 0 heterocycles. The van der Waals surface area contributed by atoms with E-state index in [9.17, 15) is 43.2 Å². The molecule has 96 heavy (non-hydrogen) atoms. The van der Waals surface area contributed by atoms with E-state index in [0.29, 0.717) is 32.1 Å². The maximum absolute atomic E-state index is 13.0. The fourth-order valence-corrected chi connectivity index (χ4v) is 10.6. The second-order valence-electron chi connectivity index (χ2n) is 23.8. The Bertz CT molecular complexity index is 2350. The fourth-order valence-electron chi connectivity index (χ4n) is 9.03. The Morgan fingerprint density at radius 3 is 0.885 bits per heavy atom. The molecule has 19 heteroatoms. The van der Waals surface area contributed by atoms with Crippen LogP contribution in [0.25, 0.3) is 0 Å². The first-order chi connectivity index (χ1) is 46.7. The van der Waals surface area contributed by atoms with Crippen molar-refractivity contribution in [1.29, 1.82) is 0 Å². The summed E-state index contributed by atoms with van der Waals surface area (Å²) in [6.45, 7) is 4.42. The van der Waals surface area contributed by atoms with E-state index in [1.54, 1.807) is 0 Å². The molecule has 0 spiro atoms. The van der Waals surface area contributed by atoms with Crippen LogP contribution in [0.3, 0.4) is 0 Å². The lowest BCUT2D eigenvalue weighted by molar-refractivity contribution is -0.161. The van der Waals surface area contributed by atoms with Crippen molar-refractivity contribution in [1.82, 2.24) is 0 Å². The van der Waals surface area contributed by atoms with Crippen LogP contribution in [0, 0.1) is 0 Å². The molecule has 3 N–H and O–H groups in total. The van der Waals surface area contributed by atoms with Crippen molar-refractivity contribution in [3.8, 4) is 0 Å². The Labute approximate surface area is 580 Å². The summed E-state index contributed by atoms with van der Waals surface area (Å²) in [5, 5.41) is 10.6. The van der Waals surface area contributed by atoms with Gasteiger partial charge in [0.15, 0.2) is 12.2 Å². The van der Waals surface area contributed by atoms with Gasteiger partial charge in [-0.05, 0) is 141 Å². The summed E-state index contributed by atoms with van der Waals surface area (Å²) in [5.41, 5.74) is 0. The molecule has 0 radical (unpaired) electrons. The SMILES string of the molecule is CC/C=C\C/C=C\C/C=C\C/C=C\C/C=C\CCCC(=O)OCC(COP(=O)(O)OCC(O)COP(=O)(O)OCC(COC(=O)CCCCCC/C=C\C/C=C\C/C=C\C/C=C\CC)OC(=O)CCCCCCC/C=C\CCCC)OC(=O)CCCCCCC/C=C\CCCC. The number of hydrogen-bond acceptors (Lipinski definition) is 15. The Kier molecular flexibility index (Phi) is 65.3. The van der Waals surface area contributed by atoms with E-state index in [1.165, 1.54) is 25.7 Å². The molecule has 5 atom stereocenters. The number of allylic oxidation sites excluding steroid dienone is 22. The second-order valence-corrected chi connectivity index (χ2v) is 26.7. The van der Waals surface area contributed by atoms with Crippen LogP contribution in [0.2, 0.25) is 0 Å². The largest absolute Gasteiger partial charge is 0.472 e. The lowest BCUT2D eigenvalue weighted by Gasteiger charge is -2.21. The highest BCUT2D eigenvalue weighted by Crippen LogP contribution is 2.45. The number of hydrogen-bond donors (Lipinski definition) is 3. The predicted octanol–water partition coefficient (Wildman–Crippen LogP) is 20.5. The van der Waals surface area contributed by atoms with Gasteiger partial charge < -0.3 is 33.8 Å². The molecule has 5 unspecified atom stereocenters. The third kappa shape index (κ3) is 67.8. The van der Waals surface area contributed by atoms with Crippen LogP contribution >= 0.6 is 15.6 Å². The van der Waals surface area contributed by atoms with Crippen molar-refractivity contribution in [3.63, 3.8) is 0 Å². The number of ether oxygens (including phenoxy) is 4. The number of phosphoric acid groups is 2. The molecule has 0 fully saturated rings. The highest BCUT2D eigenvalue weighted by atomic mass is 31.2. The minimum atomic E-state index is -4.99. The van der Waals surface area contributed by atoms with Crippen LogP contribution in [0.4, 0.5) is 0 Å². The summed E-state index contributed by atoms with van der Waals surface area (Å²) < 4.78 is 68.2. The molecule has 0 aromatic rings. The van der Waals surface area contributed by atoms with Crippen LogP contribution in [0.1, 0.15) is 272 Å². The zero-order valence-electron chi connectivity index (χ0n) is 59.5. The number of aliphatic hydroxyl groups is 1. The average molecular weight is 1390 g/mol. The molecule has 0 aliphatic carbocycles. The van der Waals surface area contributed by atoms with E-state index in [0.717, 1.165) is 161 Å². The van der Waals surface area contributed by atoms with Crippen molar-refractivity contribution in [2.24, 2.45) is 0 Å². The number of aliphatic hydroxyl groups excluding tert-OH is 1. The molecule has 0 saturated carbocycles. The van der Waals surface area contributed by atoms with Gasteiger partial charge in [-0.15, -0.1) is 0 Å². The van der Waals surface area contributed by atoms with Crippen molar-refractivity contribution >= 4 is 39.5 Å². The molecule has 17 nitrogen and oxygen atoms in total. The molecule has 0 saturated heterocycles. The number of phosphoric ester groups is 2. The topological polar surface area (TPSA) is 237 Å². The molecule has 0 aliphatic rings. The number of rotatable bonds is 67. The summed E-state index contributed by atoms with van der Waals surface area (Å²) in [7, 11) is -9.97. The van der Waals surface area contributed by atoms with Crippen LogP contribution in [-0.4, -0.2) is 96.7 Å². The molecule has 0 aliphatic heterocycles. The molecule has 0 rings (SSSR count). The smallest absolute Gasteiger partial charge is 0.462 e. The highest BCUT2D eigenvalue weighted by molar-refractivity contribution is 7.47. The average Bonchev–Trinajstić information content (AvgIpc) is 1.21. The minimum Gasteiger partial charge on any atom is -0.462 e. The first-order valence-corrected chi connectivity index (χ1v) is 39.4. The van der Waals surface area contributed by atoms with Gasteiger partial charge in [-0.25, -0.2) is 9.13 Å². The van der Waals surface area contributed by atoms with Crippen LogP contribution < -0.4 is 0 Å². The first-order valence-electron chi connectivity index (χ1n) is 36.4. The minimum absolute atomic E-state index is 0.0686. The van der Waals surface area contributed by atoms with Gasteiger partial charge in [-0.3, -0.25) is 37.3 Å². The van der Waals surface area contributed by atoms with E-state index in [1.807, 2.05) is 12.2 Å². The Balaban J connectivity index is 5.37. The lowest BCUT2D eigenvalue weighted by atomic mass is 10.1. The van der Waals surface area contributed by atoms with E-state index in [-0.39, 0.29) is 25.7 Å². The first kappa shape index (κ1) is 91.2. The van der Waals surface area contributed by atoms with Gasteiger partial charge in [0.2, 0.25) is 0 Å². The Morgan fingerprint density at radius 1 is 0.302 bits per heavy atom. The van der Waals surface area contributed by atoms with Crippen molar-refractivity contribution in [3.05, 3.63) is 134 Å².